The quantitative estimate of drug-likeness (QED) is 0.615. The molecule has 0 spiro atoms. The largest absolute Gasteiger partial charge is 0.368 e. The van der Waals surface area contributed by atoms with Gasteiger partial charge in [-0.1, -0.05) is 41.5 Å². The number of nitrogens with zero attached hydrogens (tertiary/aromatic N) is 1. The van der Waals surface area contributed by atoms with E-state index in [1.165, 1.54) is 0 Å². The summed E-state index contributed by atoms with van der Waals surface area (Å²) >= 11 is 0. The van der Waals surface area contributed by atoms with E-state index in [0.29, 0.717) is 6.04 Å². The second-order valence-corrected chi connectivity index (χ2v) is 3.49. The van der Waals surface area contributed by atoms with Gasteiger partial charge in [0.05, 0.1) is 6.10 Å². The molecule has 0 bridgehead atoms. The van der Waals surface area contributed by atoms with Gasteiger partial charge in [-0.25, -0.2) is 0 Å². The fraction of sp³-hybridized carbons (Fsp3) is 1.00. The first kappa shape index (κ1) is 27.3. The van der Waals surface area contributed by atoms with Gasteiger partial charge in [-0.05, 0) is 27.4 Å². The summed E-state index contributed by atoms with van der Waals surface area (Å²) in [5.74, 6) is 0. The molecular weight excluding hydrogens is 452 g/mol. The van der Waals surface area contributed by atoms with Crippen LogP contribution in [0, 0.1) is 31.1 Å². The van der Waals surface area contributed by atoms with Gasteiger partial charge in [-0.2, -0.15) is 0 Å². The van der Waals surface area contributed by atoms with Gasteiger partial charge in [0.15, 0.2) is 6.29 Å². The molecule has 0 aromatic heterocycles. The monoisotopic (exact) mass is 487 g/mol. The molecule has 3 nitrogen and oxygen atoms in total. The average Bonchev–Trinajstić information content (AvgIpc) is 2.35. The summed E-state index contributed by atoms with van der Waals surface area (Å²) in [5.41, 5.74) is 0. The van der Waals surface area contributed by atoms with E-state index in [4.69, 9.17) is 4.74 Å². The van der Waals surface area contributed by atoms with Gasteiger partial charge in [-0.15, -0.1) is 0 Å². The van der Waals surface area contributed by atoms with E-state index >= 15 is 0 Å². The van der Waals surface area contributed by atoms with Crippen LogP contribution in [-0.2, 0) is 4.74 Å². The fourth-order valence-corrected chi connectivity index (χ4v) is 1.51. The Bertz CT molecular complexity index is 125. The molecule has 3 atom stereocenters. The molecule has 0 unspecified atom stereocenters. The van der Waals surface area contributed by atoms with E-state index in [0.717, 1.165) is 12.8 Å². The van der Waals surface area contributed by atoms with Crippen LogP contribution in [0.1, 0.15) is 61.3 Å². The maximum absolute atomic E-state index is 9.25. The van der Waals surface area contributed by atoms with Crippen LogP contribution in [0.4, 0.5) is 0 Å². The van der Waals surface area contributed by atoms with E-state index < -0.39 is 6.29 Å². The van der Waals surface area contributed by atoms with Crippen molar-refractivity contribution in [1.82, 2.24) is 4.90 Å². The Morgan fingerprint density at radius 1 is 0.944 bits per heavy atom. The number of hydrogen-bond donors (Lipinski definition) is 1. The summed E-state index contributed by atoms with van der Waals surface area (Å²) in [4.78, 5) is 2.14. The molecule has 18 heavy (non-hydrogen) atoms. The maximum atomic E-state index is 9.25. The number of aliphatic hydroxyl groups excluding tert-OH is 1. The van der Waals surface area contributed by atoms with E-state index in [1.807, 2.05) is 62.6 Å². The minimum atomic E-state index is -0.564. The van der Waals surface area contributed by atoms with Crippen LogP contribution in [0.2, 0.25) is 0 Å². The van der Waals surface area contributed by atoms with Crippen LogP contribution < -0.4 is 0 Å². The van der Waals surface area contributed by atoms with Gasteiger partial charge in [0.25, 0.3) is 0 Å². The number of hydrogen-bond acceptors (Lipinski definition) is 3. The predicted octanol–water partition coefficient (Wildman–Crippen LogP) is 3.51. The third kappa shape index (κ3) is 15.0. The van der Waals surface area contributed by atoms with Crippen molar-refractivity contribution in [3.8, 4) is 0 Å². The number of ether oxygens (including phenoxy) is 1. The molecule has 4 heteroatoms. The molecule has 0 aliphatic carbocycles. The molecule has 0 amide bonds. The summed E-state index contributed by atoms with van der Waals surface area (Å²) in [5, 5.41) is 9.25. The Kier molecular flexibility index (Phi) is 30.7. The molecule has 1 N–H and O–H groups in total. The smallest absolute Gasteiger partial charge is 0.156 e. The zero-order chi connectivity index (χ0) is 14.4. The zero-order valence-corrected chi connectivity index (χ0v) is 18.1. The van der Waals surface area contributed by atoms with E-state index in [1.54, 1.807) is 0 Å². The van der Waals surface area contributed by atoms with Crippen molar-refractivity contribution in [3.63, 3.8) is 0 Å². The summed E-state index contributed by atoms with van der Waals surface area (Å²) in [7, 11) is 4.07. The molecule has 1 aliphatic rings. The van der Waals surface area contributed by atoms with E-state index in [-0.39, 0.29) is 37.2 Å². The molecule has 0 saturated carbocycles. The van der Waals surface area contributed by atoms with Crippen molar-refractivity contribution in [2.24, 2.45) is 0 Å². The first-order chi connectivity index (χ1) is 8.09. The summed E-state index contributed by atoms with van der Waals surface area (Å²) in [6.07, 6.45) is 1.37. The second-order valence-electron chi connectivity index (χ2n) is 3.49. The van der Waals surface area contributed by atoms with Gasteiger partial charge < -0.3 is 14.7 Å². The summed E-state index contributed by atoms with van der Waals surface area (Å²) in [6.45, 7) is 14.0. The Morgan fingerprint density at radius 3 is 1.61 bits per heavy atom. The van der Waals surface area contributed by atoms with Crippen LogP contribution in [0.3, 0.4) is 0 Å². The molecule has 1 saturated heterocycles. The van der Waals surface area contributed by atoms with Crippen molar-refractivity contribution in [2.45, 2.75) is 79.7 Å². The van der Waals surface area contributed by atoms with E-state index in [9.17, 15) is 5.11 Å². The Morgan fingerprint density at radius 2 is 1.33 bits per heavy atom. The predicted molar refractivity (Wildman–Crippen MR) is 77.3 cm³/mol. The van der Waals surface area contributed by atoms with Crippen molar-refractivity contribution >= 4 is 0 Å². The van der Waals surface area contributed by atoms with Crippen molar-refractivity contribution in [1.29, 1.82) is 0 Å². The number of aliphatic hydroxyl groups is 1. The second kappa shape index (κ2) is 20.3. The Hall–Kier alpha value is 0.932. The first-order valence-electron chi connectivity index (χ1n) is 7.09. The van der Waals surface area contributed by atoms with Gasteiger partial charge in [-0.3, -0.25) is 0 Å². The summed E-state index contributed by atoms with van der Waals surface area (Å²) < 4.78 is 5.20. The van der Waals surface area contributed by atoms with Crippen LogP contribution in [0.5, 0.6) is 0 Å². The molecule has 0 aromatic rings. The van der Waals surface area contributed by atoms with Crippen LogP contribution in [-0.4, -0.2) is 42.5 Å². The molecule has 1 fully saturated rings. The molecule has 112 valence electrons. The van der Waals surface area contributed by atoms with Crippen LogP contribution in [0.25, 0.3) is 0 Å². The van der Waals surface area contributed by atoms with Crippen molar-refractivity contribution < 1.29 is 41.0 Å². The van der Waals surface area contributed by atoms with E-state index in [2.05, 4.69) is 4.90 Å². The minimum absolute atomic E-state index is 0. The molecular formula is C14H35NO2U. The van der Waals surface area contributed by atoms with Gasteiger partial charge >= 0.3 is 0 Å². The Balaban J connectivity index is -0.000000123. The fourth-order valence-electron chi connectivity index (χ4n) is 1.51. The molecule has 1 heterocycles. The molecule has 1 rings (SSSR count). The SMILES string of the molecule is CC.CC.CC.C[C@@H]1C[C@H](N(C)C)C[C@H](O)O1.[U]. The maximum Gasteiger partial charge on any atom is 0.156 e. The average molecular weight is 487 g/mol. The van der Waals surface area contributed by atoms with Crippen molar-refractivity contribution in [2.75, 3.05) is 14.1 Å². The zero-order valence-electron chi connectivity index (χ0n) is 13.9. The molecule has 0 radical (unpaired) electrons. The molecule has 1 aliphatic heterocycles. The third-order valence-corrected chi connectivity index (χ3v) is 2.20. The van der Waals surface area contributed by atoms with Crippen molar-refractivity contribution in [3.05, 3.63) is 0 Å². The van der Waals surface area contributed by atoms with Gasteiger partial charge in [0, 0.05) is 43.6 Å². The summed E-state index contributed by atoms with van der Waals surface area (Å²) in [6, 6.07) is 0.466. The normalized spacial score (nSPS) is 25.2. The van der Waals surface area contributed by atoms with Gasteiger partial charge in [0.1, 0.15) is 0 Å². The molecule has 0 aromatic carbocycles. The van der Waals surface area contributed by atoms with Crippen LogP contribution >= 0.6 is 0 Å². The van der Waals surface area contributed by atoms with Crippen LogP contribution in [0.15, 0.2) is 0 Å². The Labute approximate surface area is 139 Å². The number of rotatable bonds is 1. The topological polar surface area (TPSA) is 32.7 Å². The standard InChI is InChI=1S/C8H17NO2.3C2H6.U/c1-6-4-7(9(2)3)5-8(10)11-6;3*1-2;/h6-8,10H,4-5H2,1-3H3;3*1-2H3;/t6-,7+,8-;;;;/m1..../s1. The third-order valence-electron chi connectivity index (χ3n) is 2.20. The first-order valence-corrected chi connectivity index (χ1v) is 7.09. The minimum Gasteiger partial charge on any atom is -0.368 e. The van der Waals surface area contributed by atoms with Gasteiger partial charge in [0.2, 0.25) is 0 Å².